The molecule has 0 spiro atoms. The molecule has 0 atom stereocenters. The molecule has 17 heavy (non-hydrogen) atoms. The summed E-state index contributed by atoms with van der Waals surface area (Å²) >= 11 is 0. The molecule has 0 aliphatic heterocycles. The normalized spacial score (nSPS) is 10.7. The van der Waals surface area contributed by atoms with Crippen LogP contribution in [0.15, 0.2) is 30.5 Å². The minimum absolute atomic E-state index is 0.199. The molecule has 1 aromatic carbocycles. The fraction of sp³-hybridized carbons (Fsp3) is 0.357. The summed E-state index contributed by atoms with van der Waals surface area (Å²) in [5, 5.41) is 1.27. The maximum Gasteiger partial charge on any atom is 0.222 e. The van der Waals surface area contributed by atoms with Gasteiger partial charge in [0.15, 0.2) is 0 Å². The summed E-state index contributed by atoms with van der Waals surface area (Å²) in [6.45, 7) is 0. The van der Waals surface area contributed by atoms with Crippen LogP contribution in [-0.4, -0.2) is 29.9 Å². The minimum Gasteiger partial charge on any atom is -0.361 e. The number of hydrogen-bond donors (Lipinski definition) is 1. The van der Waals surface area contributed by atoms with Crippen molar-refractivity contribution in [3.05, 3.63) is 36.0 Å². The third-order valence-corrected chi connectivity index (χ3v) is 3.01. The first-order valence-electron chi connectivity index (χ1n) is 5.93. The maximum absolute atomic E-state index is 11.5. The van der Waals surface area contributed by atoms with Gasteiger partial charge in [0.05, 0.1) is 0 Å². The van der Waals surface area contributed by atoms with E-state index in [4.69, 9.17) is 0 Å². The lowest BCUT2D eigenvalue weighted by molar-refractivity contribution is -0.128. The van der Waals surface area contributed by atoms with E-state index in [-0.39, 0.29) is 5.91 Å². The van der Waals surface area contributed by atoms with Crippen LogP contribution in [0.25, 0.3) is 10.9 Å². The smallest absolute Gasteiger partial charge is 0.222 e. The molecular weight excluding hydrogens is 212 g/mol. The van der Waals surface area contributed by atoms with Crippen LogP contribution in [0.5, 0.6) is 0 Å². The van der Waals surface area contributed by atoms with Gasteiger partial charge in [-0.1, -0.05) is 18.2 Å². The highest BCUT2D eigenvalue weighted by atomic mass is 16.2. The lowest BCUT2D eigenvalue weighted by Crippen LogP contribution is -2.21. The molecule has 3 heteroatoms. The Morgan fingerprint density at radius 3 is 2.82 bits per heavy atom. The number of aryl methyl sites for hydroxylation is 1. The van der Waals surface area contributed by atoms with Gasteiger partial charge in [-0.2, -0.15) is 0 Å². The number of carbonyl (C=O) groups is 1. The molecule has 0 fully saturated rings. The third kappa shape index (κ3) is 2.67. The molecule has 90 valence electrons. The molecule has 0 aliphatic carbocycles. The summed E-state index contributed by atoms with van der Waals surface area (Å²) in [6, 6.07) is 8.27. The second kappa shape index (κ2) is 5.04. The van der Waals surface area contributed by atoms with E-state index in [0.29, 0.717) is 6.42 Å². The zero-order valence-electron chi connectivity index (χ0n) is 10.4. The van der Waals surface area contributed by atoms with Crippen molar-refractivity contribution in [3.63, 3.8) is 0 Å². The van der Waals surface area contributed by atoms with Crippen LogP contribution in [0.3, 0.4) is 0 Å². The first kappa shape index (κ1) is 11.7. The number of nitrogens with zero attached hydrogens (tertiary/aromatic N) is 1. The summed E-state index contributed by atoms with van der Waals surface area (Å²) in [5.74, 6) is 0.199. The van der Waals surface area contributed by atoms with Crippen molar-refractivity contribution in [2.45, 2.75) is 19.3 Å². The predicted octanol–water partition coefficient (Wildman–Crippen LogP) is 2.58. The van der Waals surface area contributed by atoms with Crippen molar-refractivity contribution in [1.82, 2.24) is 9.88 Å². The first-order chi connectivity index (χ1) is 8.18. The van der Waals surface area contributed by atoms with Crippen molar-refractivity contribution in [2.24, 2.45) is 0 Å². The van der Waals surface area contributed by atoms with Gasteiger partial charge < -0.3 is 9.88 Å². The fourth-order valence-corrected chi connectivity index (χ4v) is 1.99. The van der Waals surface area contributed by atoms with Gasteiger partial charge in [-0.15, -0.1) is 0 Å². The maximum atomic E-state index is 11.5. The third-order valence-electron chi connectivity index (χ3n) is 3.01. The number of nitrogens with one attached hydrogen (secondary N) is 1. The Kier molecular flexibility index (Phi) is 3.47. The van der Waals surface area contributed by atoms with Gasteiger partial charge in [0.2, 0.25) is 5.91 Å². The fourth-order valence-electron chi connectivity index (χ4n) is 1.99. The molecule has 0 bridgehead atoms. The van der Waals surface area contributed by atoms with Crippen LogP contribution in [0.2, 0.25) is 0 Å². The molecule has 0 radical (unpaired) electrons. The lowest BCUT2D eigenvalue weighted by Gasteiger charge is -2.09. The van der Waals surface area contributed by atoms with Crippen molar-refractivity contribution < 1.29 is 4.79 Å². The monoisotopic (exact) mass is 230 g/mol. The van der Waals surface area contributed by atoms with Gasteiger partial charge in [-0.05, 0) is 24.5 Å². The quantitative estimate of drug-likeness (QED) is 0.861. The van der Waals surface area contributed by atoms with Crippen LogP contribution in [0, 0.1) is 0 Å². The second-order valence-corrected chi connectivity index (χ2v) is 4.50. The van der Waals surface area contributed by atoms with Gasteiger partial charge in [-0.25, -0.2) is 0 Å². The Morgan fingerprint density at radius 2 is 2.06 bits per heavy atom. The predicted molar refractivity (Wildman–Crippen MR) is 69.9 cm³/mol. The van der Waals surface area contributed by atoms with Crippen LogP contribution < -0.4 is 0 Å². The van der Waals surface area contributed by atoms with E-state index in [0.717, 1.165) is 12.8 Å². The zero-order chi connectivity index (χ0) is 12.3. The lowest BCUT2D eigenvalue weighted by atomic mass is 10.1. The van der Waals surface area contributed by atoms with Crippen LogP contribution in [0.4, 0.5) is 0 Å². The van der Waals surface area contributed by atoms with Crippen molar-refractivity contribution >= 4 is 16.8 Å². The molecule has 2 aromatic rings. The topological polar surface area (TPSA) is 36.1 Å². The van der Waals surface area contributed by atoms with Crippen LogP contribution in [-0.2, 0) is 11.2 Å². The zero-order valence-corrected chi connectivity index (χ0v) is 10.4. The van der Waals surface area contributed by atoms with Crippen molar-refractivity contribution in [3.8, 4) is 0 Å². The van der Waals surface area contributed by atoms with Gasteiger partial charge in [0.1, 0.15) is 0 Å². The highest BCUT2D eigenvalue weighted by molar-refractivity contribution is 5.83. The van der Waals surface area contributed by atoms with E-state index in [1.165, 1.54) is 16.5 Å². The standard InChI is InChI=1S/C14H18N2O/c1-16(2)14(17)9-5-6-11-10-15-13-8-4-3-7-12(11)13/h3-4,7-8,10,15H,5-6,9H2,1-2H3. The van der Waals surface area contributed by atoms with Gasteiger partial charge in [0, 0.05) is 37.6 Å². The van der Waals surface area contributed by atoms with Crippen LogP contribution in [0.1, 0.15) is 18.4 Å². The van der Waals surface area contributed by atoms with Gasteiger partial charge >= 0.3 is 0 Å². The number of H-pyrrole nitrogens is 1. The molecule has 0 aliphatic rings. The molecule has 0 saturated carbocycles. The molecule has 1 heterocycles. The Balaban J connectivity index is 1.98. The first-order valence-corrected chi connectivity index (χ1v) is 5.93. The molecule has 1 amide bonds. The highest BCUT2D eigenvalue weighted by Crippen LogP contribution is 2.19. The molecule has 0 saturated heterocycles. The Morgan fingerprint density at radius 1 is 1.29 bits per heavy atom. The molecule has 2 rings (SSSR count). The van der Waals surface area contributed by atoms with Crippen molar-refractivity contribution in [2.75, 3.05) is 14.1 Å². The Labute approximate surface area is 101 Å². The number of amides is 1. The number of aromatic nitrogens is 1. The van der Waals surface area contributed by atoms with E-state index >= 15 is 0 Å². The molecule has 1 aromatic heterocycles. The van der Waals surface area contributed by atoms with Crippen LogP contribution >= 0.6 is 0 Å². The molecule has 3 nitrogen and oxygen atoms in total. The number of rotatable bonds is 4. The largest absolute Gasteiger partial charge is 0.361 e. The van der Waals surface area contributed by atoms with Gasteiger partial charge in [-0.3, -0.25) is 4.79 Å². The number of aromatic amines is 1. The average Bonchev–Trinajstić information content (AvgIpc) is 2.72. The van der Waals surface area contributed by atoms with E-state index in [9.17, 15) is 4.79 Å². The summed E-state index contributed by atoms with van der Waals surface area (Å²) < 4.78 is 0. The summed E-state index contributed by atoms with van der Waals surface area (Å²) in [7, 11) is 3.60. The molecule has 1 N–H and O–H groups in total. The van der Waals surface area contributed by atoms with E-state index < -0.39 is 0 Å². The summed E-state index contributed by atoms with van der Waals surface area (Å²) in [5.41, 5.74) is 2.47. The number of para-hydroxylation sites is 1. The summed E-state index contributed by atoms with van der Waals surface area (Å²) in [4.78, 5) is 16.4. The van der Waals surface area contributed by atoms with Gasteiger partial charge in [0.25, 0.3) is 0 Å². The number of fused-ring (bicyclic) bond motifs is 1. The number of hydrogen-bond acceptors (Lipinski definition) is 1. The molecule has 0 unspecified atom stereocenters. The van der Waals surface area contributed by atoms with Crippen molar-refractivity contribution in [1.29, 1.82) is 0 Å². The van der Waals surface area contributed by atoms with E-state index in [1.54, 1.807) is 19.0 Å². The average molecular weight is 230 g/mol. The van der Waals surface area contributed by atoms with E-state index in [1.807, 2.05) is 18.3 Å². The Hall–Kier alpha value is -1.77. The number of benzene rings is 1. The summed E-state index contributed by atoms with van der Waals surface area (Å²) in [6.07, 6.45) is 4.51. The highest BCUT2D eigenvalue weighted by Gasteiger charge is 2.06. The minimum atomic E-state index is 0.199. The molecular formula is C14H18N2O. The number of carbonyl (C=O) groups excluding carboxylic acids is 1. The second-order valence-electron chi connectivity index (χ2n) is 4.50. The Bertz CT molecular complexity index is 514. The van der Waals surface area contributed by atoms with E-state index in [2.05, 4.69) is 17.1 Å². The SMILES string of the molecule is CN(C)C(=O)CCCc1c[nH]c2ccccc12.